The minimum atomic E-state index is -0.449. The van der Waals surface area contributed by atoms with Crippen molar-refractivity contribution >= 4 is 11.9 Å². The van der Waals surface area contributed by atoms with Crippen LogP contribution in [0.3, 0.4) is 0 Å². The maximum absolute atomic E-state index is 12.6. The lowest BCUT2D eigenvalue weighted by atomic mass is 9.51. The number of allylic oxidation sites excluding steroid dienone is 1. The SMILES string of the molecule is CCCCCCCCCCCCOC(=O)O[C@H]1CC[C@H]2[C@@H]3CCC4=CC(=O)C(CC)C[C@@H]4[C@H]3CC[C@]12C. The van der Waals surface area contributed by atoms with E-state index >= 15 is 0 Å². The fraction of sp³-hybridized carbons (Fsp3) is 0.879. The molecule has 0 aliphatic heterocycles. The van der Waals surface area contributed by atoms with E-state index in [0.29, 0.717) is 36.1 Å². The molecule has 0 aromatic heterocycles. The number of rotatable bonds is 13. The Morgan fingerprint density at radius 2 is 1.62 bits per heavy atom. The minimum absolute atomic E-state index is 0.00748. The maximum atomic E-state index is 12.6. The van der Waals surface area contributed by atoms with E-state index in [9.17, 15) is 9.59 Å². The summed E-state index contributed by atoms with van der Waals surface area (Å²) in [5, 5.41) is 0. The van der Waals surface area contributed by atoms with Crippen LogP contribution in [0.15, 0.2) is 11.6 Å². The van der Waals surface area contributed by atoms with Crippen molar-refractivity contribution in [3.05, 3.63) is 11.6 Å². The van der Waals surface area contributed by atoms with E-state index in [-0.39, 0.29) is 17.4 Å². The van der Waals surface area contributed by atoms with Gasteiger partial charge < -0.3 is 9.47 Å². The fourth-order valence-electron chi connectivity index (χ4n) is 8.66. The van der Waals surface area contributed by atoms with Gasteiger partial charge in [0.1, 0.15) is 6.10 Å². The van der Waals surface area contributed by atoms with E-state index in [1.807, 2.05) is 6.08 Å². The molecule has 4 nitrogen and oxygen atoms in total. The summed E-state index contributed by atoms with van der Waals surface area (Å²) in [5.74, 6) is 3.26. The molecule has 0 aromatic carbocycles. The molecule has 210 valence electrons. The highest BCUT2D eigenvalue weighted by molar-refractivity contribution is 5.93. The van der Waals surface area contributed by atoms with Gasteiger partial charge in [0.05, 0.1) is 6.61 Å². The van der Waals surface area contributed by atoms with Gasteiger partial charge in [-0.3, -0.25) is 4.79 Å². The fourth-order valence-corrected chi connectivity index (χ4v) is 8.66. The number of ketones is 1. The monoisotopic (exact) mass is 514 g/mol. The van der Waals surface area contributed by atoms with Gasteiger partial charge in [0.25, 0.3) is 0 Å². The Kier molecular flexibility index (Phi) is 10.6. The number of ether oxygens (including phenoxy) is 2. The Morgan fingerprint density at radius 1 is 0.919 bits per heavy atom. The van der Waals surface area contributed by atoms with Gasteiger partial charge in [-0.25, -0.2) is 4.79 Å². The van der Waals surface area contributed by atoms with Gasteiger partial charge >= 0.3 is 6.16 Å². The Hall–Kier alpha value is -1.32. The standard InChI is InChI=1S/C33H54O4/c1-4-6-7-8-9-10-11-12-13-14-21-36-32(35)37-31-18-17-29-27-16-15-25-23-30(34)24(5-2)22-28(25)26(27)19-20-33(29,31)3/h23-24,26-29,31H,4-22H2,1-3H3/t24?,26-,27+,28-,29-,31-,33-/m0/s1. The zero-order valence-electron chi connectivity index (χ0n) is 24.1. The van der Waals surface area contributed by atoms with E-state index in [4.69, 9.17) is 9.47 Å². The molecule has 0 saturated heterocycles. The van der Waals surface area contributed by atoms with E-state index in [0.717, 1.165) is 51.4 Å². The number of unbranched alkanes of at least 4 members (excludes halogenated alkanes) is 9. The zero-order valence-corrected chi connectivity index (χ0v) is 24.1. The van der Waals surface area contributed by atoms with Gasteiger partial charge in [0, 0.05) is 11.3 Å². The number of fused-ring (bicyclic) bond motifs is 5. The summed E-state index contributed by atoms with van der Waals surface area (Å²) in [6.07, 6.45) is 23.1. The topological polar surface area (TPSA) is 52.6 Å². The summed E-state index contributed by atoms with van der Waals surface area (Å²) >= 11 is 0. The summed E-state index contributed by atoms with van der Waals surface area (Å²) in [5.41, 5.74) is 1.52. The summed E-state index contributed by atoms with van der Waals surface area (Å²) in [7, 11) is 0. The molecular weight excluding hydrogens is 460 g/mol. The van der Waals surface area contributed by atoms with Crippen molar-refractivity contribution in [1.82, 2.24) is 0 Å². The van der Waals surface area contributed by atoms with Gasteiger partial charge in [0.15, 0.2) is 5.78 Å². The third-order valence-corrected chi connectivity index (χ3v) is 10.9. The van der Waals surface area contributed by atoms with Crippen LogP contribution in [0.1, 0.15) is 136 Å². The molecule has 37 heavy (non-hydrogen) atoms. The number of hydrogen-bond donors (Lipinski definition) is 0. The van der Waals surface area contributed by atoms with Crippen LogP contribution < -0.4 is 0 Å². The second-order valence-electron chi connectivity index (χ2n) is 13.1. The van der Waals surface area contributed by atoms with Crippen LogP contribution in [0, 0.1) is 35.0 Å². The molecule has 4 rings (SSSR count). The third kappa shape index (κ3) is 6.82. The van der Waals surface area contributed by atoms with Crippen molar-refractivity contribution < 1.29 is 19.1 Å². The Balaban J connectivity index is 1.17. The van der Waals surface area contributed by atoms with E-state index in [1.165, 1.54) is 69.8 Å². The minimum Gasteiger partial charge on any atom is -0.434 e. The summed E-state index contributed by atoms with van der Waals surface area (Å²) in [6.45, 7) is 7.29. The van der Waals surface area contributed by atoms with E-state index < -0.39 is 6.16 Å². The second-order valence-corrected chi connectivity index (χ2v) is 13.1. The number of carbonyl (C=O) groups is 2. The molecule has 0 heterocycles. The highest BCUT2D eigenvalue weighted by Crippen LogP contribution is 2.62. The largest absolute Gasteiger partial charge is 0.508 e. The van der Waals surface area contributed by atoms with Crippen LogP contribution in [-0.2, 0) is 14.3 Å². The normalized spacial score (nSPS) is 34.8. The first-order valence-corrected chi connectivity index (χ1v) is 16.1. The average molecular weight is 515 g/mol. The Morgan fingerprint density at radius 3 is 2.32 bits per heavy atom. The molecule has 0 amide bonds. The second kappa shape index (κ2) is 13.7. The Labute approximate surface area is 226 Å². The molecule has 4 aliphatic carbocycles. The van der Waals surface area contributed by atoms with Crippen LogP contribution >= 0.6 is 0 Å². The predicted molar refractivity (Wildman–Crippen MR) is 149 cm³/mol. The molecule has 3 saturated carbocycles. The summed E-state index contributed by atoms with van der Waals surface area (Å²) in [4.78, 5) is 25.0. The quantitative estimate of drug-likeness (QED) is 0.181. The first-order chi connectivity index (χ1) is 18.0. The zero-order chi connectivity index (χ0) is 26.3. The summed E-state index contributed by atoms with van der Waals surface area (Å²) < 4.78 is 11.5. The van der Waals surface area contributed by atoms with Crippen LogP contribution in [0.4, 0.5) is 4.79 Å². The first kappa shape index (κ1) is 28.7. The van der Waals surface area contributed by atoms with Crippen LogP contribution in [0.5, 0.6) is 0 Å². The van der Waals surface area contributed by atoms with Gasteiger partial charge in [-0.1, -0.05) is 84.1 Å². The van der Waals surface area contributed by atoms with Crippen molar-refractivity contribution in [1.29, 1.82) is 0 Å². The molecule has 7 atom stereocenters. The van der Waals surface area contributed by atoms with Crippen molar-refractivity contribution in [3.8, 4) is 0 Å². The summed E-state index contributed by atoms with van der Waals surface area (Å²) in [6, 6.07) is 0. The van der Waals surface area contributed by atoms with Crippen LogP contribution in [0.2, 0.25) is 0 Å². The average Bonchev–Trinajstić information content (AvgIpc) is 3.22. The molecule has 3 fully saturated rings. The van der Waals surface area contributed by atoms with Gasteiger partial charge in [-0.05, 0) is 87.5 Å². The van der Waals surface area contributed by atoms with Gasteiger partial charge in [-0.2, -0.15) is 0 Å². The van der Waals surface area contributed by atoms with E-state index in [2.05, 4.69) is 20.8 Å². The highest BCUT2D eigenvalue weighted by Gasteiger charge is 2.58. The number of hydrogen-bond acceptors (Lipinski definition) is 4. The van der Waals surface area contributed by atoms with Crippen molar-refractivity contribution in [2.24, 2.45) is 35.0 Å². The smallest absolute Gasteiger partial charge is 0.434 e. The molecule has 0 spiro atoms. The predicted octanol–water partition coefficient (Wildman–Crippen LogP) is 9.21. The van der Waals surface area contributed by atoms with Crippen LogP contribution in [-0.4, -0.2) is 24.6 Å². The van der Waals surface area contributed by atoms with Gasteiger partial charge in [-0.15, -0.1) is 0 Å². The van der Waals surface area contributed by atoms with E-state index in [1.54, 1.807) is 0 Å². The van der Waals surface area contributed by atoms with Gasteiger partial charge in [0.2, 0.25) is 0 Å². The maximum Gasteiger partial charge on any atom is 0.508 e. The molecule has 0 radical (unpaired) electrons. The molecule has 4 aliphatic rings. The molecule has 1 unspecified atom stereocenters. The molecular formula is C33H54O4. The molecule has 4 heteroatoms. The Bertz CT molecular complexity index is 787. The molecule has 0 N–H and O–H groups in total. The highest BCUT2D eigenvalue weighted by atomic mass is 16.7. The van der Waals surface area contributed by atoms with Crippen LogP contribution in [0.25, 0.3) is 0 Å². The lowest BCUT2D eigenvalue weighted by Gasteiger charge is -2.54. The first-order valence-electron chi connectivity index (χ1n) is 16.1. The van der Waals surface area contributed by atoms with Crippen molar-refractivity contribution in [2.75, 3.05) is 6.61 Å². The lowest BCUT2D eigenvalue weighted by Crippen LogP contribution is -2.49. The number of carbonyl (C=O) groups excluding carboxylic acids is 2. The van der Waals surface area contributed by atoms with Crippen molar-refractivity contribution in [2.45, 2.75) is 142 Å². The molecule has 0 bridgehead atoms. The third-order valence-electron chi connectivity index (χ3n) is 10.9. The lowest BCUT2D eigenvalue weighted by molar-refractivity contribution is -0.120. The van der Waals surface area contributed by atoms with Crippen molar-refractivity contribution in [3.63, 3.8) is 0 Å². The molecule has 0 aromatic rings.